The molecule has 1 heterocycles. The van der Waals surface area contributed by atoms with Gasteiger partial charge in [-0.3, -0.25) is 9.59 Å². The summed E-state index contributed by atoms with van der Waals surface area (Å²) in [5.41, 5.74) is 0.506. The topological polar surface area (TPSA) is 62.6 Å². The number of hydrogen-bond acceptors (Lipinski definition) is 3. The molecule has 0 saturated carbocycles. The fourth-order valence-corrected chi connectivity index (χ4v) is 2.89. The quantitative estimate of drug-likeness (QED) is 0.630. The zero-order valence-electron chi connectivity index (χ0n) is 16.1. The summed E-state index contributed by atoms with van der Waals surface area (Å²) in [5.74, 6) is 0.0307. The van der Waals surface area contributed by atoms with Crippen LogP contribution < -0.4 is 10.2 Å². The summed E-state index contributed by atoms with van der Waals surface area (Å²) in [4.78, 5) is 27.9. The second kappa shape index (κ2) is 8.57. The molecular weight excluding hydrogens is 352 g/mol. The third kappa shape index (κ3) is 4.49. The van der Waals surface area contributed by atoms with Crippen molar-refractivity contribution in [3.63, 3.8) is 0 Å². The number of nitrogens with one attached hydrogen (secondary N) is 1. The average molecular weight is 376 g/mol. The van der Waals surface area contributed by atoms with E-state index in [1.165, 1.54) is 0 Å². The Bertz CT molecular complexity index is 904. The van der Waals surface area contributed by atoms with E-state index in [1.807, 2.05) is 60.7 Å². The molecule has 28 heavy (non-hydrogen) atoms. The van der Waals surface area contributed by atoms with Crippen molar-refractivity contribution < 1.29 is 14.0 Å². The summed E-state index contributed by atoms with van der Waals surface area (Å²) in [6.45, 7) is 3.92. The number of carbonyl (C=O) groups is 2. The lowest BCUT2D eigenvalue weighted by molar-refractivity contribution is -0.140. The van der Waals surface area contributed by atoms with Gasteiger partial charge in [-0.2, -0.15) is 0 Å². The highest BCUT2D eigenvalue weighted by Crippen LogP contribution is 2.26. The van der Waals surface area contributed by atoms with Crippen molar-refractivity contribution >= 4 is 17.5 Å². The van der Waals surface area contributed by atoms with Crippen molar-refractivity contribution in [3.05, 3.63) is 90.4 Å². The SMILES string of the molecule is CC(C)(C(=O)NCc1ccco1)C(=O)N(Cc1ccccc1)c1ccccc1. The largest absolute Gasteiger partial charge is 0.467 e. The smallest absolute Gasteiger partial charge is 0.242 e. The number of carbonyl (C=O) groups excluding carboxylic acids is 2. The van der Waals surface area contributed by atoms with Gasteiger partial charge in [-0.25, -0.2) is 0 Å². The molecule has 0 unspecified atom stereocenters. The predicted molar refractivity (Wildman–Crippen MR) is 108 cm³/mol. The first kappa shape index (κ1) is 19.4. The molecule has 0 aliphatic carbocycles. The molecular formula is C23H24N2O3. The Balaban J connectivity index is 1.81. The third-order valence-electron chi connectivity index (χ3n) is 4.60. The van der Waals surface area contributed by atoms with Crippen LogP contribution in [0.25, 0.3) is 0 Å². The zero-order chi connectivity index (χ0) is 20.0. The van der Waals surface area contributed by atoms with Crippen molar-refractivity contribution in [1.82, 2.24) is 5.32 Å². The summed E-state index contributed by atoms with van der Waals surface area (Å²) >= 11 is 0. The molecule has 144 valence electrons. The standard InChI is InChI=1S/C23H24N2O3/c1-23(2,21(26)24-16-20-14-9-15-28-20)22(27)25(19-12-7-4-8-13-19)17-18-10-5-3-6-11-18/h3-15H,16-17H2,1-2H3,(H,24,26). The molecule has 5 nitrogen and oxygen atoms in total. The molecule has 5 heteroatoms. The molecule has 2 aromatic carbocycles. The minimum absolute atomic E-state index is 0.243. The summed E-state index contributed by atoms with van der Waals surface area (Å²) in [5, 5.41) is 2.80. The number of anilines is 1. The molecule has 0 bridgehead atoms. The maximum atomic E-state index is 13.4. The van der Waals surface area contributed by atoms with Crippen LogP contribution in [0.2, 0.25) is 0 Å². The fraction of sp³-hybridized carbons (Fsp3) is 0.217. The summed E-state index contributed by atoms with van der Waals surface area (Å²) < 4.78 is 5.24. The molecule has 0 spiro atoms. The van der Waals surface area contributed by atoms with E-state index in [4.69, 9.17) is 4.42 Å². The van der Waals surface area contributed by atoms with Crippen LogP contribution >= 0.6 is 0 Å². The summed E-state index contributed by atoms with van der Waals surface area (Å²) in [6, 6.07) is 22.7. The van der Waals surface area contributed by atoms with Crippen LogP contribution in [0.1, 0.15) is 25.2 Å². The Labute approximate surface area is 165 Å². The summed E-state index contributed by atoms with van der Waals surface area (Å²) in [7, 11) is 0. The lowest BCUT2D eigenvalue weighted by atomic mass is 9.89. The Morgan fingerprint density at radius 1 is 0.929 bits per heavy atom. The van der Waals surface area contributed by atoms with E-state index in [-0.39, 0.29) is 18.4 Å². The van der Waals surface area contributed by atoms with Crippen molar-refractivity contribution in [1.29, 1.82) is 0 Å². The molecule has 3 aromatic rings. The van der Waals surface area contributed by atoms with Gasteiger partial charge in [-0.1, -0.05) is 48.5 Å². The monoisotopic (exact) mass is 376 g/mol. The molecule has 2 amide bonds. The Kier molecular flexibility index (Phi) is 5.94. The van der Waals surface area contributed by atoms with Gasteiger partial charge in [0.1, 0.15) is 11.2 Å². The number of hydrogen-bond donors (Lipinski definition) is 1. The van der Waals surface area contributed by atoms with E-state index >= 15 is 0 Å². The molecule has 0 aliphatic heterocycles. The summed E-state index contributed by atoms with van der Waals surface area (Å²) in [6.07, 6.45) is 1.55. The predicted octanol–water partition coefficient (Wildman–Crippen LogP) is 4.16. The van der Waals surface area contributed by atoms with Crippen LogP contribution in [0.5, 0.6) is 0 Å². The van der Waals surface area contributed by atoms with E-state index in [1.54, 1.807) is 37.1 Å². The van der Waals surface area contributed by atoms with E-state index < -0.39 is 5.41 Å². The zero-order valence-corrected chi connectivity index (χ0v) is 16.1. The van der Waals surface area contributed by atoms with Gasteiger partial charge in [0.2, 0.25) is 11.8 Å². The first-order valence-corrected chi connectivity index (χ1v) is 9.20. The Morgan fingerprint density at radius 2 is 1.57 bits per heavy atom. The van der Waals surface area contributed by atoms with Crippen molar-refractivity contribution in [2.24, 2.45) is 5.41 Å². The lowest BCUT2D eigenvalue weighted by Gasteiger charge is -2.31. The van der Waals surface area contributed by atoms with Crippen LogP contribution in [0.3, 0.4) is 0 Å². The maximum Gasteiger partial charge on any atom is 0.242 e. The minimum Gasteiger partial charge on any atom is -0.467 e. The normalized spacial score (nSPS) is 11.1. The lowest BCUT2D eigenvalue weighted by Crippen LogP contribution is -2.49. The number of amides is 2. The average Bonchev–Trinajstić information content (AvgIpc) is 3.24. The van der Waals surface area contributed by atoms with Gasteiger partial charge < -0.3 is 14.6 Å². The highest BCUT2D eigenvalue weighted by molar-refractivity contribution is 6.10. The highest BCUT2D eigenvalue weighted by Gasteiger charge is 2.39. The Hall–Kier alpha value is -3.34. The van der Waals surface area contributed by atoms with Gasteiger partial charge in [-0.15, -0.1) is 0 Å². The van der Waals surface area contributed by atoms with Crippen molar-refractivity contribution in [2.45, 2.75) is 26.9 Å². The highest BCUT2D eigenvalue weighted by atomic mass is 16.3. The minimum atomic E-state index is -1.24. The van der Waals surface area contributed by atoms with E-state index in [9.17, 15) is 9.59 Å². The second-order valence-electron chi connectivity index (χ2n) is 7.10. The Morgan fingerprint density at radius 3 is 2.18 bits per heavy atom. The molecule has 0 saturated heterocycles. The van der Waals surface area contributed by atoms with Gasteiger partial charge in [0, 0.05) is 5.69 Å². The number of rotatable bonds is 7. The molecule has 0 aliphatic rings. The van der Waals surface area contributed by atoms with Gasteiger partial charge in [-0.05, 0) is 43.7 Å². The van der Waals surface area contributed by atoms with E-state index in [0.717, 1.165) is 11.3 Å². The number of nitrogens with zero attached hydrogens (tertiary/aromatic N) is 1. The van der Waals surface area contributed by atoms with Crippen molar-refractivity contribution in [3.8, 4) is 0 Å². The molecule has 3 rings (SSSR count). The third-order valence-corrected chi connectivity index (χ3v) is 4.60. The van der Waals surface area contributed by atoms with Crippen LogP contribution in [0.4, 0.5) is 5.69 Å². The number of furan rings is 1. The molecule has 0 atom stereocenters. The van der Waals surface area contributed by atoms with Gasteiger partial charge in [0.05, 0.1) is 19.4 Å². The number of benzene rings is 2. The fourth-order valence-electron chi connectivity index (χ4n) is 2.89. The first-order valence-electron chi connectivity index (χ1n) is 9.20. The maximum absolute atomic E-state index is 13.4. The molecule has 1 aromatic heterocycles. The van der Waals surface area contributed by atoms with E-state index in [2.05, 4.69) is 5.32 Å². The molecule has 1 N–H and O–H groups in total. The van der Waals surface area contributed by atoms with Crippen LogP contribution in [0, 0.1) is 5.41 Å². The first-order chi connectivity index (χ1) is 13.5. The van der Waals surface area contributed by atoms with Gasteiger partial charge in [0.15, 0.2) is 0 Å². The van der Waals surface area contributed by atoms with Gasteiger partial charge in [0.25, 0.3) is 0 Å². The molecule has 0 radical (unpaired) electrons. The van der Waals surface area contributed by atoms with Crippen LogP contribution in [-0.4, -0.2) is 11.8 Å². The van der Waals surface area contributed by atoms with Crippen molar-refractivity contribution in [2.75, 3.05) is 4.90 Å². The van der Waals surface area contributed by atoms with Gasteiger partial charge >= 0.3 is 0 Å². The van der Waals surface area contributed by atoms with E-state index in [0.29, 0.717) is 12.3 Å². The van der Waals surface area contributed by atoms with Crippen LogP contribution in [0.15, 0.2) is 83.5 Å². The van der Waals surface area contributed by atoms with Crippen LogP contribution in [-0.2, 0) is 22.7 Å². The second-order valence-corrected chi connectivity index (χ2v) is 7.10. The number of para-hydroxylation sites is 1. The molecule has 0 fully saturated rings.